The van der Waals surface area contributed by atoms with Gasteiger partial charge >= 0.3 is 5.97 Å². The Morgan fingerprint density at radius 1 is 1.47 bits per heavy atom. The van der Waals surface area contributed by atoms with Crippen LogP contribution in [0.3, 0.4) is 0 Å². The van der Waals surface area contributed by atoms with Crippen LogP contribution in [0, 0.1) is 0 Å². The van der Waals surface area contributed by atoms with E-state index in [2.05, 4.69) is 13.1 Å². The molecule has 106 valence electrons. The molecule has 2 aliphatic heterocycles. The second-order valence-electron chi connectivity index (χ2n) is 4.48. The Labute approximate surface area is 117 Å². The SMILES string of the molecule is CCOC(=O)C1=CN2CC(CC)=CN(CC)C2[S+]1[O-]. The van der Waals surface area contributed by atoms with Crippen LogP contribution >= 0.6 is 0 Å². The van der Waals surface area contributed by atoms with Crippen LogP contribution < -0.4 is 0 Å². The van der Waals surface area contributed by atoms with Gasteiger partial charge in [-0.2, -0.15) is 0 Å². The Morgan fingerprint density at radius 2 is 2.21 bits per heavy atom. The molecular weight excluding hydrogens is 264 g/mol. The van der Waals surface area contributed by atoms with E-state index >= 15 is 0 Å². The van der Waals surface area contributed by atoms with Gasteiger partial charge in [0.05, 0.1) is 12.8 Å². The van der Waals surface area contributed by atoms with Crippen molar-refractivity contribution in [3.05, 3.63) is 22.9 Å². The predicted molar refractivity (Wildman–Crippen MR) is 74.1 cm³/mol. The van der Waals surface area contributed by atoms with Gasteiger partial charge in [-0.05, 0) is 25.8 Å². The zero-order valence-electron chi connectivity index (χ0n) is 11.6. The van der Waals surface area contributed by atoms with Gasteiger partial charge in [0.25, 0.3) is 10.4 Å². The van der Waals surface area contributed by atoms with Crippen LogP contribution in [0.1, 0.15) is 27.2 Å². The zero-order valence-corrected chi connectivity index (χ0v) is 12.4. The van der Waals surface area contributed by atoms with Crippen LogP contribution in [0.15, 0.2) is 22.9 Å². The Hall–Kier alpha value is -1.14. The molecule has 2 aliphatic rings. The monoisotopic (exact) mass is 284 g/mol. The Bertz CT molecular complexity index is 422. The zero-order chi connectivity index (χ0) is 14.0. The number of ether oxygens (including phenoxy) is 1. The molecule has 0 aromatic rings. The number of fused-ring (bicyclic) bond motifs is 1. The van der Waals surface area contributed by atoms with Crippen molar-refractivity contribution in [3.8, 4) is 0 Å². The first-order valence-corrected chi connectivity index (χ1v) is 7.84. The minimum absolute atomic E-state index is 0.264. The van der Waals surface area contributed by atoms with Crippen LogP contribution in [0.4, 0.5) is 0 Å². The van der Waals surface area contributed by atoms with E-state index in [4.69, 9.17) is 4.74 Å². The van der Waals surface area contributed by atoms with Gasteiger partial charge in [-0.15, -0.1) is 0 Å². The van der Waals surface area contributed by atoms with Crippen LogP contribution in [0.25, 0.3) is 0 Å². The first-order chi connectivity index (χ1) is 9.12. The van der Waals surface area contributed by atoms with Gasteiger partial charge in [0.15, 0.2) is 0 Å². The molecule has 0 aliphatic carbocycles. The van der Waals surface area contributed by atoms with E-state index in [0.29, 0.717) is 6.61 Å². The smallest absolute Gasteiger partial charge is 0.388 e. The summed E-state index contributed by atoms with van der Waals surface area (Å²) in [6, 6.07) is 0. The van der Waals surface area contributed by atoms with Crippen molar-refractivity contribution in [3.63, 3.8) is 0 Å². The summed E-state index contributed by atoms with van der Waals surface area (Å²) in [5, 5.41) is 0. The number of esters is 1. The fraction of sp³-hybridized carbons (Fsp3) is 0.615. The molecule has 2 heterocycles. The van der Waals surface area contributed by atoms with Crippen molar-refractivity contribution in [2.45, 2.75) is 32.7 Å². The van der Waals surface area contributed by atoms with Gasteiger partial charge in [0.2, 0.25) is 0 Å². The van der Waals surface area contributed by atoms with Gasteiger partial charge in [0, 0.05) is 30.5 Å². The Kier molecular flexibility index (Phi) is 4.42. The number of nitrogens with zero attached hydrogens (tertiary/aromatic N) is 2. The highest BCUT2D eigenvalue weighted by molar-refractivity contribution is 7.96. The molecule has 0 N–H and O–H groups in total. The molecule has 0 bridgehead atoms. The van der Waals surface area contributed by atoms with Crippen molar-refractivity contribution in [2.24, 2.45) is 0 Å². The fourth-order valence-electron chi connectivity index (χ4n) is 2.30. The molecule has 0 saturated carbocycles. The summed E-state index contributed by atoms with van der Waals surface area (Å²) in [6.07, 6.45) is 4.72. The first kappa shape index (κ1) is 14.3. The highest BCUT2D eigenvalue weighted by atomic mass is 32.2. The summed E-state index contributed by atoms with van der Waals surface area (Å²) in [4.78, 5) is 16.1. The maximum absolute atomic E-state index is 12.4. The molecule has 6 heteroatoms. The number of hydrogen-bond acceptors (Lipinski definition) is 5. The number of carbonyl (C=O) groups excluding carboxylic acids is 1. The average molecular weight is 284 g/mol. The summed E-state index contributed by atoms with van der Waals surface area (Å²) >= 11 is -1.36. The van der Waals surface area contributed by atoms with Crippen molar-refractivity contribution >= 4 is 17.1 Å². The minimum atomic E-state index is -1.36. The van der Waals surface area contributed by atoms with Gasteiger partial charge in [0.1, 0.15) is 0 Å². The summed E-state index contributed by atoms with van der Waals surface area (Å²) < 4.78 is 17.4. The van der Waals surface area contributed by atoms with Crippen LogP contribution in [-0.4, -0.2) is 45.5 Å². The summed E-state index contributed by atoms with van der Waals surface area (Å²) in [5.41, 5.74) is 1.01. The van der Waals surface area contributed by atoms with E-state index in [0.717, 1.165) is 19.5 Å². The Balaban J connectivity index is 2.22. The topological polar surface area (TPSA) is 55.8 Å². The molecule has 0 fully saturated rings. The lowest BCUT2D eigenvalue weighted by molar-refractivity contribution is -0.137. The third kappa shape index (κ3) is 2.60. The first-order valence-electron chi connectivity index (χ1n) is 6.62. The highest BCUT2D eigenvalue weighted by Gasteiger charge is 2.47. The molecule has 2 unspecified atom stereocenters. The lowest BCUT2D eigenvalue weighted by atomic mass is 10.2. The Morgan fingerprint density at radius 3 is 2.79 bits per heavy atom. The number of carbonyl (C=O) groups is 1. The van der Waals surface area contributed by atoms with Crippen molar-refractivity contribution in [1.29, 1.82) is 0 Å². The van der Waals surface area contributed by atoms with E-state index < -0.39 is 17.1 Å². The lowest BCUT2D eigenvalue weighted by Crippen LogP contribution is -2.49. The molecule has 5 nitrogen and oxygen atoms in total. The van der Waals surface area contributed by atoms with Crippen molar-refractivity contribution < 1.29 is 14.1 Å². The molecule has 2 atom stereocenters. The molecule has 0 saturated heterocycles. The predicted octanol–water partition coefficient (Wildman–Crippen LogP) is 1.37. The van der Waals surface area contributed by atoms with Crippen LogP contribution in [0.2, 0.25) is 0 Å². The maximum Gasteiger partial charge on any atom is 0.388 e. The third-order valence-electron chi connectivity index (χ3n) is 3.29. The van der Waals surface area contributed by atoms with Crippen molar-refractivity contribution in [2.75, 3.05) is 19.7 Å². The van der Waals surface area contributed by atoms with E-state index in [1.54, 1.807) is 13.1 Å². The molecule has 0 aromatic carbocycles. The van der Waals surface area contributed by atoms with E-state index in [-0.39, 0.29) is 10.4 Å². The largest absolute Gasteiger partial charge is 0.608 e. The molecule has 2 rings (SSSR count). The normalized spacial score (nSPS) is 25.9. The second-order valence-corrected chi connectivity index (χ2v) is 5.94. The average Bonchev–Trinajstić information content (AvgIpc) is 2.75. The lowest BCUT2D eigenvalue weighted by Gasteiger charge is -2.37. The molecular formula is C13H20N2O3S. The number of rotatable bonds is 4. The molecule has 19 heavy (non-hydrogen) atoms. The maximum atomic E-state index is 12.4. The standard InChI is InChI=1S/C13H20N2O3S/c1-4-10-7-14(5-2)13-15(8-10)9-11(19(13)17)12(16)18-6-3/h7,9,13H,4-6,8H2,1-3H3. The van der Waals surface area contributed by atoms with Gasteiger partial charge in [-0.25, -0.2) is 4.79 Å². The summed E-state index contributed by atoms with van der Waals surface area (Å²) in [6.45, 7) is 7.66. The molecule has 0 spiro atoms. The van der Waals surface area contributed by atoms with Crippen LogP contribution in [-0.2, 0) is 20.7 Å². The van der Waals surface area contributed by atoms with Gasteiger partial charge < -0.3 is 19.1 Å². The highest BCUT2D eigenvalue weighted by Crippen LogP contribution is 2.33. The number of hydrogen-bond donors (Lipinski definition) is 0. The molecule has 0 amide bonds. The van der Waals surface area contributed by atoms with Crippen molar-refractivity contribution in [1.82, 2.24) is 9.80 Å². The van der Waals surface area contributed by atoms with Gasteiger partial charge in [-0.3, -0.25) is 0 Å². The van der Waals surface area contributed by atoms with Gasteiger partial charge in [-0.1, -0.05) is 6.92 Å². The van der Waals surface area contributed by atoms with E-state index in [1.807, 2.05) is 16.7 Å². The fourth-order valence-corrected chi connectivity index (χ4v) is 3.83. The second kappa shape index (κ2) is 5.88. The quantitative estimate of drug-likeness (QED) is 0.576. The minimum Gasteiger partial charge on any atom is -0.608 e. The van der Waals surface area contributed by atoms with E-state index in [1.165, 1.54) is 5.57 Å². The van der Waals surface area contributed by atoms with E-state index in [9.17, 15) is 9.35 Å². The summed E-state index contributed by atoms with van der Waals surface area (Å²) in [7, 11) is 0. The summed E-state index contributed by atoms with van der Waals surface area (Å²) in [5.74, 6) is -0.468. The third-order valence-corrected chi connectivity index (χ3v) is 4.92. The molecule has 0 aromatic heterocycles. The molecule has 0 radical (unpaired) electrons. The van der Waals surface area contributed by atoms with Crippen LogP contribution in [0.5, 0.6) is 0 Å².